The Kier molecular flexibility index (Phi) is 2.19. The molecule has 2 fully saturated rings. The Hall–Kier alpha value is -0.450. The minimum Gasteiger partial charge on any atom is -0.346 e. The second-order valence-electron chi connectivity index (χ2n) is 7.06. The third kappa shape index (κ3) is 0.889. The number of carbonyl (C=O) groups excluding carboxylic acids is 1. The van der Waals surface area contributed by atoms with Crippen molar-refractivity contribution in [1.82, 2.24) is 0 Å². The zero-order chi connectivity index (χ0) is 14.6. The highest BCUT2D eigenvalue weighted by atomic mass is 79.9. The fraction of sp³-hybridized carbons (Fsp3) is 0.688. The lowest BCUT2D eigenvalue weighted by Gasteiger charge is -2.63. The van der Waals surface area contributed by atoms with E-state index in [1.165, 1.54) is 0 Å². The maximum absolute atomic E-state index is 13.3. The van der Waals surface area contributed by atoms with Gasteiger partial charge in [-0.25, -0.2) is 0 Å². The number of hydrogen-bond donors (Lipinski definition) is 0. The highest BCUT2D eigenvalue weighted by Gasteiger charge is 2.84. The Morgan fingerprint density at radius 2 is 2.10 bits per heavy atom. The SMILES string of the molecule is CO[C@]12OC[C@]3(C)[C@@H]4C=CC(C)[C@]4(C=C(Br)[C@]13C)C2=O. The van der Waals surface area contributed by atoms with E-state index >= 15 is 0 Å². The number of ether oxygens (including phenoxy) is 2. The van der Waals surface area contributed by atoms with Crippen molar-refractivity contribution >= 4 is 21.7 Å². The molecule has 1 spiro atoms. The van der Waals surface area contributed by atoms with E-state index in [1.54, 1.807) is 7.11 Å². The number of methoxy groups -OCH3 is 1. The van der Waals surface area contributed by atoms with Crippen LogP contribution in [0.3, 0.4) is 0 Å². The van der Waals surface area contributed by atoms with Gasteiger partial charge in [-0.1, -0.05) is 48.0 Å². The van der Waals surface area contributed by atoms with Crippen LogP contribution in [0.5, 0.6) is 0 Å². The second-order valence-corrected chi connectivity index (χ2v) is 7.91. The molecule has 0 aromatic carbocycles. The molecule has 6 atom stereocenters. The van der Waals surface area contributed by atoms with Crippen molar-refractivity contribution in [3.63, 3.8) is 0 Å². The third-order valence-corrected chi connectivity index (χ3v) is 7.77. The van der Waals surface area contributed by atoms with Gasteiger partial charge in [0.1, 0.15) is 0 Å². The van der Waals surface area contributed by atoms with Crippen molar-refractivity contribution in [2.75, 3.05) is 13.7 Å². The van der Waals surface area contributed by atoms with Crippen LogP contribution in [0, 0.1) is 28.1 Å². The molecule has 0 aromatic rings. The molecule has 108 valence electrons. The average molecular weight is 339 g/mol. The molecule has 0 N–H and O–H groups in total. The molecular formula is C16H19BrO3. The molecule has 5 rings (SSSR count). The summed E-state index contributed by atoms with van der Waals surface area (Å²) in [6.45, 7) is 7.00. The summed E-state index contributed by atoms with van der Waals surface area (Å²) in [6, 6.07) is 0. The molecule has 0 aromatic heterocycles. The fourth-order valence-corrected chi connectivity index (χ4v) is 6.38. The van der Waals surface area contributed by atoms with Crippen molar-refractivity contribution in [2.24, 2.45) is 28.1 Å². The van der Waals surface area contributed by atoms with Crippen LogP contribution >= 0.6 is 15.9 Å². The Labute approximate surface area is 127 Å². The minimum absolute atomic E-state index is 0.0932. The van der Waals surface area contributed by atoms with Gasteiger partial charge in [-0.05, 0) is 12.8 Å². The molecule has 4 heteroatoms. The number of carbonyl (C=O) groups is 1. The van der Waals surface area contributed by atoms with Crippen LogP contribution in [0.4, 0.5) is 0 Å². The summed E-state index contributed by atoms with van der Waals surface area (Å²) in [5.41, 5.74) is -1.11. The largest absolute Gasteiger partial charge is 0.346 e. The summed E-state index contributed by atoms with van der Waals surface area (Å²) >= 11 is 3.74. The highest BCUT2D eigenvalue weighted by Crippen LogP contribution is 2.77. The number of halogens is 1. The maximum atomic E-state index is 13.3. The zero-order valence-electron chi connectivity index (χ0n) is 12.2. The number of rotatable bonds is 1. The van der Waals surface area contributed by atoms with E-state index in [0.29, 0.717) is 6.61 Å². The first-order valence-corrected chi connectivity index (χ1v) is 7.92. The van der Waals surface area contributed by atoms with Gasteiger partial charge in [-0.2, -0.15) is 0 Å². The monoisotopic (exact) mass is 338 g/mol. The summed E-state index contributed by atoms with van der Waals surface area (Å²) in [6.07, 6.45) is 6.55. The van der Waals surface area contributed by atoms with Gasteiger partial charge in [-0.15, -0.1) is 0 Å². The van der Waals surface area contributed by atoms with Crippen LogP contribution in [-0.2, 0) is 14.3 Å². The van der Waals surface area contributed by atoms with Gasteiger partial charge in [0, 0.05) is 22.9 Å². The molecular weight excluding hydrogens is 320 g/mol. The topological polar surface area (TPSA) is 35.5 Å². The smallest absolute Gasteiger partial charge is 0.240 e. The maximum Gasteiger partial charge on any atom is 0.240 e. The van der Waals surface area contributed by atoms with Crippen LogP contribution in [0.1, 0.15) is 20.8 Å². The van der Waals surface area contributed by atoms with Crippen molar-refractivity contribution < 1.29 is 14.3 Å². The third-order valence-electron chi connectivity index (χ3n) is 6.75. The first-order chi connectivity index (χ1) is 9.31. The molecule has 20 heavy (non-hydrogen) atoms. The first kappa shape index (κ1) is 13.2. The molecule has 1 unspecified atom stereocenters. The Balaban J connectivity index is 2.13. The summed E-state index contributed by atoms with van der Waals surface area (Å²) in [5.74, 6) is -0.690. The molecule has 0 radical (unpaired) electrons. The molecule has 3 nitrogen and oxygen atoms in total. The molecule has 1 aliphatic heterocycles. The number of ketones is 1. The summed E-state index contributed by atoms with van der Waals surface area (Å²) in [5, 5.41) is 0. The average Bonchev–Trinajstić information content (AvgIpc) is 2.84. The van der Waals surface area contributed by atoms with Crippen LogP contribution in [0.25, 0.3) is 0 Å². The fourth-order valence-electron chi connectivity index (χ4n) is 5.29. The van der Waals surface area contributed by atoms with E-state index in [-0.39, 0.29) is 23.0 Å². The van der Waals surface area contributed by atoms with Crippen molar-refractivity contribution in [3.05, 3.63) is 22.7 Å². The lowest BCUT2D eigenvalue weighted by atomic mass is 9.40. The standard InChI is InChI=1S/C16H19BrO3/c1-9-5-6-10-13(2)8-20-16(19-4)12(18)15(9,10)7-11(17)14(13,16)3/h5-7,9-10H,8H2,1-4H3/t9?,10-,13+,14-,15-,16+/m0/s1. The normalized spacial score (nSPS) is 59.0. The van der Waals surface area contributed by atoms with Crippen LogP contribution < -0.4 is 0 Å². The van der Waals surface area contributed by atoms with E-state index in [2.05, 4.69) is 54.9 Å². The molecule has 4 bridgehead atoms. The predicted molar refractivity (Wildman–Crippen MR) is 78.2 cm³/mol. The van der Waals surface area contributed by atoms with Crippen LogP contribution in [0.2, 0.25) is 0 Å². The van der Waals surface area contributed by atoms with E-state index < -0.39 is 16.6 Å². The molecule has 1 heterocycles. The second kappa shape index (κ2) is 3.31. The summed E-state index contributed by atoms with van der Waals surface area (Å²) in [7, 11) is 1.59. The van der Waals surface area contributed by atoms with Crippen LogP contribution in [0.15, 0.2) is 22.7 Å². The summed E-state index contributed by atoms with van der Waals surface area (Å²) in [4.78, 5) is 13.3. The number of Topliss-reactive ketones (excluding diaryl/α,β-unsaturated/α-hetero) is 1. The number of hydrogen-bond acceptors (Lipinski definition) is 3. The molecule has 4 aliphatic carbocycles. The van der Waals surface area contributed by atoms with Gasteiger partial charge < -0.3 is 9.47 Å². The lowest BCUT2D eigenvalue weighted by Crippen LogP contribution is -2.72. The van der Waals surface area contributed by atoms with Crippen molar-refractivity contribution in [1.29, 1.82) is 0 Å². The van der Waals surface area contributed by atoms with Crippen molar-refractivity contribution in [3.8, 4) is 0 Å². The number of allylic oxidation sites excluding steroid dienone is 3. The summed E-state index contributed by atoms with van der Waals surface area (Å²) < 4.78 is 12.8. The molecule has 1 saturated carbocycles. The Bertz CT molecular complexity index is 597. The molecule has 5 aliphatic rings. The van der Waals surface area contributed by atoms with Crippen molar-refractivity contribution in [2.45, 2.75) is 26.6 Å². The van der Waals surface area contributed by atoms with E-state index in [1.807, 2.05) is 0 Å². The van der Waals surface area contributed by atoms with Gasteiger partial charge in [0.05, 0.1) is 17.4 Å². The minimum atomic E-state index is -1.15. The lowest BCUT2D eigenvalue weighted by molar-refractivity contribution is -0.249. The van der Waals surface area contributed by atoms with Gasteiger partial charge in [0.15, 0.2) is 0 Å². The van der Waals surface area contributed by atoms with Gasteiger partial charge >= 0.3 is 0 Å². The van der Waals surface area contributed by atoms with E-state index in [9.17, 15) is 4.79 Å². The van der Waals surface area contributed by atoms with Gasteiger partial charge in [0.25, 0.3) is 0 Å². The Morgan fingerprint density at radius 3 is 2.75 bits per heavy atom. The van der Waals surface area contributed by atoms with E-state index in [0.717, 1.165) is 4.48 Å². The van der Waals surface area contributed by atoms with E-state index in [4.69, 9.17) is 9.47 Å². The molecule has 1 saturated heterocycles. The highest BCUT2D eigenvalue weighted by molar-refractivity contribution is 9.11. The van der Waals surface area contributed by atoms with Gasteiger partial charge in [0.2, 0.25) is 11.6 Å². The Morgan fingerprint density at radius 1 is 1.40 bits per heavy atom. The predicted octanol–water partition coefficient (Wildman–Crippen LogP) is 3.06. The van der Waals surface area contributed by atoms with Gasteiger partial charge in [-0.3, -0.25) is 4.79 Å². The molecule has 0 amide bonds. The first-order valence-electron chi connectivity index (χ1n) is 7.12. The zero-order valence-corrected chi connectivity index (χ0v) is 13.8. The van der Waals surface area contributed by atoms with Crippen LogP contribution in [-0.4, -0.2) is 25.3 Å². The quantitative estimate of drug-likeness (QED) is 0.689.